The number of aryl methyl sites for hydroxylation is 1. The number of hydrogen-bond donors (Lipinski definition) is 3. The minimum Gasteiger partial charge on any atom is -0.352 e. The van der Waals surface area contributed by atoms with Crippen LogP contribution in [0.1, 0.15) is 60.0 Å². The first-order valence-corrected chi connectivity index (χ1v) is 13.6. The van der Waals surface area contributed by atoms with Gasteiger partial charge in [-0.25, -0.2) is 4.39 Å². The lowest BCUT2D eigenvalue weighted by atomic mass is 10.1. The van der Waals surface area contributed by atoms with Crippen molar-refractivity contribution in [3.63, 3.8) is 0 Å². The number of fused-ring (bicyclic) bond motifs is 1. The first-order chi connectivity index (χ1) is 19.2. The van der Waals surface area contributed by atoms with Crippen LogP contribution in [0.25, 0.3) is 10.9 Å². The second-order valence-electron chi connectivity index (χ2n) is 9.91. The lowest BCUT2D eigenvalue weighted by molar-refractivity contribution is -0.124. The molecule has 0 aliphatic carbocycles. The van der Waals surface area contributed by atoms with E-state index < -0.39 is 0 Å². The topological polar surface area (TPSA) is 92.2 Å². The van der Waals surface area contributed by atoms with Crippen LogP contribution in [0, 0.1) is 11.7 Å². The Hall–Kier alpha value is -4.17. The SMILES string of the molecule is CCCCn1c(C(=O)Nc2ccc(F)cc2)cc2cc(NC(=O)c3cc(CNC(=O)C(C)C)ccc3Cl)ccc21. The monoisotopic (exact) mass is 562 g/mol. The van der Waals surface area contributed by atoms with Gasteiger partial charge in [-0.15, -0.1) is 0 Å². The largest absolute Gasteiger partial charge is 0.352 e. The first-order valence-electron chi connectivity index (χ1n) is 13.2. The van der Waals surface area contributed by atoms with Gasteiger partial charge in [0.2, 0.25) is 5.91 Å². The highest BCUT2D eigenvalue weighted by Crippen LogP contribution is 2.26. The number of amides is 3. The molecular formula is C31H32ClFN4O3. The van der Waals surface area contributed by atoms with Crippen LogP contribution >= 0.6 is 11.6 Å². The summed E-state index contributed by atoms with van der Waals surface area (Å²) in [7, 11) is 0. The average Bonchev–Trinajstić information content (AvgIpc) is 3.30. The summed E-state index contributed by atoms with van der Waals surface area (Å²) in [5, 5.41) is 9.64. The predicted molar refractivity (Wildman–Crippen MR) is 157 cm³/mol. The maximum atomic E-state index is 13.3. The summed E-state index contributed by atoms with van der Waals surface area (Å²) < 4.78 is 15.2. The van der Waals surface area contributed by atoms with E-state index in [1.165, 1.54) is 24.3 Å². The Kier molecular flexibility index (Phi) is 9.22. The third-order valence-electron chi connectivity index (χ3n) is 6.50. The lowest BCUT2D eigenvalue weighted by Crippen LogP contribution is -2.27. The van der Waals surface area contributed by atoms with Crippen molar-refractivity contribution in [1.82, 2.24) is 9.88 Å². The van der Waals surface area contributed by atoms with Crippen LogP contribution in [-0.4, -0.2) is 22.3 Å². The molecule has 3 N–H and O–H groups in total. The molecule has 4 aromatic rings. The van der Waals surface area contributed by atoms with Crippen molar-refractivity contribution in [1.29, 1.82) is 0 Å². The number of halogens is 2. The summed E-state index contributed by atoms with van der Waals surface area (Å²) in [6, 6.07) is 17.9. The van der Waals surface area contributed by atoms with E-state index in [0.717, 1.165) is 29.3 Å². The van der Waals surface area contributed by atoms with Gasteiger partial charge >= 0.3 is 0 Å². The molecule has 9 heteroatoms. The first kappa shape index (κ1) is 28.8. The standard InChI is InChI=1S/C31H32ClFN4O3/c1-4-5-14-37-27-13-11-24(16-21(27)17-28(37)31(40)35-23-9-7-22(33)8-10-23)36-30(39)25-15-20(6-12-26(25)32)18-34-29(38)19(2)3/h6-13,15-17,19H,4-5,14,18H2,1-3H3,(H,34,38)(H,35,40)(H,36,39). The fourth-order valence-electron chi connectivity index (χ4n) is 4.27. The number of anilines is 2. The van der Waals surface area contributed by atoms with Gasteiger partial charge in [-0.05, 0) is 72.6 Å². The number of aromatic nitrogens is 1. The van der Waals surface area contributed by atoms with Crippen molar-refractivity contribution in [2.45, 2.75) is 46.7 Å². The Labute approximate surface area is 237 Å². The molecule has 0 atom stereocenters. The molecule has 0 saturated heterocycles. The van der Waals surface area contributed by atoms with E-state index in [4.69, 9.17) is 11.6 Å². The Morgan fingerprint density at radius 2 is 1.60 bits per heavy atom. The number of carbonyl (C=O) groups is 3. The van der Waals surface area contributed by atoms with Gasteiger partial charge in [0.25, 0.3) is 11.8 Å². The molecule has 3 amide bonds. The number of nitrogens with zero attached hydrogens (tertiary/aromatic N) is 1. The number of hydrogen-bond acceptors (Lipinski definition) is 3. The average molecular weight is 563 g/mol. The van der Waals surface area contributed by atoms with Crippen molar-refractivity contribution in [3.05, 3.63) is 94.4 Å². The molecule has 0 aliphatic rings. The van der Waals surface area contributed by atoms with Crippen LogP contribution in [-0.2, 0) is 17.9 Å². The third-order valence-corrected chi connectivity index (χ3v) is 6.83. The molecule has 0 aliphatic heterocycles. The fourth-order valence-corrected chi connectivity index (χ4v) is 4.47. The maximum absolute atomic E-state index is 13.3. The second-order valence-corrected chi connectivity index (χ2v) is 10.3. The highest BCUT2D eigenvalue weighted by Gasteiger charge is 2.18. The molecule has 40 heavy (non-hydrogen) atoms. The van der Waals surface area contributed by atoms with Crippen molar-refractivity contribution in [2.75, 3.05) is 10.6 Å². The number of benzene rings is 3. The van der Waals surface area contributed by atoms with E-state index in [2.05, 4.69) is 22.9 Å². The molecule has 0 saturated carbocycles. The second kappa shape index (κ2) is 12.8. The normalized spacial score (nSPS) is 11.1. The molecule has 0 unspecified atom stereocenters. The summed E-state index contributed by atoms with van der Waals surface area (Å²) in [6.45, 7) is 6.63. The van der Waals surface area contributed by atoms with Gasteiger partial charge in [0, 0.05) is 41.3 Å². The van der Waals surface area contributed by atoms with E-state index in [-0.39, 0.29) is 41.6 Å². The zero-order valence-electron chi connectivity index (χ0n) is 22.7. The van der Waals surface area contributed by atoms with Gasteiger partial charge in [-0.2, -0.15) is 0 Å². The highest BCUT2D eigenvalue weighted by molar-refractivity contribution is 6.34. The van der Waals surface area contributed by atoms with Gasteiger partial charge in [-0.1, -0.05) is 44.9 Å². The van der Waals surface area contributed by atoms with E-state index in [9.17, 15) is 18.8 Å². The van der Waals surface area contributed by atoms with E-state index in [1.807, 2.05) is 30.5 Å². The molecule has 1 aromatic heterocycles. The van der Waals surface area contributed by atoms with E-state index >= 15 is 0 Å². The van der Waals surface area contributed by atoms with Crippen LogP contribution in [0.15, 0.2) is 66.7 Å². The summed E-state index contributed by atoms with van der Waals surface area (Å²) in [5.74, 6) is -1.29. The van der Waals surface area contributed by atoms with Crippen LogP contribution in [0.4, 0.5) is 15.8 Å². The highest BCUT2D eigenvalue weighted by atomic mass is 35.5. The summed E-state index contributed by atoms with van der Waals surface area (Å²) in [6.07, 6.45) is 1.83. The predicted octanol–water partition coefficient (Wildman–Crippen LogP) is 7.01. The maximum Gasteiger partial charge on any atom is 0.272 e. The van der Waals surface area contributed by atoms with Crippen molar-refractivity contribution in [2.24, 2.45) is 5.92 Å². The van der Waals surface area contributed by atoms with Crippen molar-refractivity contribution in [3.8, 4) is 0 Å². The molecule has 4 rings (SSSR count). The fraction of sp³-hybridized carbons (Fsp3) is 0.258. The van der Waals surface area contributed by atoms with Crippen LogP contribution in [0.2, 0.25) is 5.02 Å². The van der Waals surface area contributed by atoms with Crippen molar-refractivity contribution < 1.29 is 18.8 Å². The van der Waals surface area contributed by atoms with Gasteiger partial charge < -0.3 is 20.5 Å². The van der Waals surface area contributed by atoms with Gasteiger partial charge in [-0.3, -0.25) is 14.4 Å². The zero-order valence-corrected chi connectivity index (χ0v) is 23.4. The molecule has 208 valence electrons. The number of rotatable bonds is 10. The summed E-state index contributed by atoms with van der Waals surface area (Å²) >= 11 is 6.33. The van der Waals surface area contributed by atoms with Crippen molar-refractivity contribution >= 4 is 51.6 Å². The number of nitrogens with one attached hydrogen (secondary N) is 3. The Morgan fingerprint density at radius 1 is 0.900 bits per heavy atom. The molecule has 3 aromatic carbocycles. The Morgan fingerprint density at radius 3 is 2.30 bits per heavy atom. The quantitative estimate of drug-likeness (QED) is 0.194. The van der Waals surface area contributed by atoms with Gasteiger partial charge in [0.1, 0.15) is 11.5 Å². The zero-order chi connectivity index (χ0) is 28.8. The number of unbranched alkanes of at least 4 members (excludes halogenated alkanes) is 1. The molecule has 0 spiro atoms. The third kappa shape index (κ3) is 6.87. The number of carbonyl (C=O) groups excluding carboxylic acids is 3. The lowest BCUT2D eigenvalue weighted by Gasteiger charge is -2.12. The van der Waals surface area contributed by atoms with Crippen LogP contribution < -0.4 is 16.0 Å². The minimum atomic E-state index is -0.388. The van der Waals surface area contributed by atoms with Gasteiger partial charge in [0.05, 0.1) is 10.6 Å². The smallest absolute Gasteiger partial charge is 0.272 e. The Bertz CT molecular complexity index is 1550. The van der Waals surface area contributed by atoms with Crippen LogP contribution in [0.5, 0.6) is 0 Å². The molecule has 0 fully saturated rings. The molecule has 7 nitrogen and oxygen atoms in total. The molecule has 0 bridgehead atoms. The van der Waals surface area contributed by atoms with Crippen LogP contribution in [0.3, 0.4) is 0 Å². The van der Waals surface area contributed by atoms with E-state index in [0.29, 0.717) is 28.6 Å². The summed E-state index contributed by atoms with van der Waals surface area (Å²) in [5.41, 5.74) is 3.41. The summed E-state index contributed by atoms with van der Waals surface area (Å²) in [4.78, 5) is 38.2. The van der Waals surface area contributed by atoms with E-state index in [1.54, 1.807) is 30.3 Å². The Balaban J connectivity index is 1.56. The minimum absolute atomic E-state index is 0.0779. The molecule has 0 radical (unpaired) electrons. The molecule has 1 heterocycles. The molecular weight excluding hydrogens is 531 g/mol. The van der Waals surface area contributed by atoms with Gasteiger partial charge in [0.15, 0.2) is 0 Å².